The molecule has 0 unspecified atom stereocenters. The molecular formula is C12H8BrN3O. The second-order valence-electron chi connectivity index (χ2n) is 3.63. The van der Waals surface area contributed by atoms with Crippen LogP contribution in [0.5, 0.6) is 5.75 Å². The van der Waals surface area contributed by atoms with Gasteiger partial charge >= 0.3 is 0 Å². The van der Waals surface area contributed by atoms with Crippen LogP contribution in [0.4, 0.5) is 0 Å². The molecule has 0 aliphatic carbocycles. The fourth-order valence-corrected chi connectivity index (χ4v) is 1.95. The van der Waals surface area contributed by atoms with Crippen LogP contribution in [0.3, 0.4) is 0 Å². The summed E-state index contributed by atoms with van der Waals surface area (Å²) in [6.07, 6.45) is 1.83. The summed E-state index contributed by atoms with van der Waals surface area (Å²) >= 11 is 3.39. The molecule has 0 fully saturated rings. The van der Waals surface area contributed by atoms with E-state index in [1.54, 1.807) is 22.7 Å². The summed E-state index contributed by atoms with van der Waals surface area (Å²) in [6.45, 7) is 0. The number of hydrogen-bond acceptors (Lipinski definition) is 3. The molecule has 3 rings (SSSR count). The van der Waals surface area contributed by atoms with Gasteiger partial charge in [0.25, 0.3) is 0 Å². The van der Waals surface area contributed by atoms with E-state index in [0.717, 1.165) is 15.7 Å². The monoisotopic (exact) mass is 289 g/mol. The van der Waals surface area contributed by atoms with Crippen molar-refractivity contribution in [3.63, 3.8) is 0 Å². The van der Waals surface area contributed by atoms with Gasteiger partial charge in [0.1, 0.15) is 5.75 Å². The first-order valence-electron chi connectivity index (χ1n) is 5.04. The maximum atomic E-state index is 9.42. The van der Waals surface area contributed by atoms with Crippen LogP contribution in [0.2, 0.25) is 0 Å². The number of aromatic nitrogens is 3. The smallest absolute Gasteiger partial charge is 0.182 e. The molecule has 0 bridgehead atoms. The third-order valence-electron chi connectivity index (χ3n) is 2.40. The van der Waals surface area contributed by atoms with Crippen molar-refractivity contribution in [1.29, 1.82) is 0 Å². The highest BCUT2D eigenvalue weighted by Gasteiger charge is 2.06. The predicted molar refractivity (Wildman–Crippen MR) is 67.8 cm³/mol. The lowest BCUT2D eigenvalue weighted by Gasteiger charge is -1.94. The summed E-state index contributed by atoms with van der Waals surface area (Å²) in [5.74, 6) is 0.807. The molecule has 0 radical (unpaired) electrons. The molecule has 1 N–H and O–H groups in total. The van der Waals surface area contributed by atoms with Crippen LogP contribution >= 0.6 is 15.9 Å². The van der Waals surface area contributed by atoms with E-state index < -0.39 is 0 Å². The summed E-state index contributed by atoms with van der Waals surface area (Å²) in [5, 5.41) is 13.8. The van der Waals surface area contributed by atoms with Gasteiger partial charge in [-0.2, -0.15) is 0 Å². The Hall–Kier alpha value is -1.88. The molecule has 0 spiro atoms. The lowest BCUT2D eigenvalue weighted by Crippen LogP contribution is -1.85. The summed E-state index contributed by atoms with van der Waals surface area (Å²) < 4.78 is 2.66. The number of aromatic hydroxyl groups is 1. The van der Waals surface area contributed by atoms with Gasteiger partial charge in [0.05, 0.1) is 0 Å². The largest absolute Gasteiger partial charge is 0.508 e. The Kier molecular flexibility index (Phi) is 2.33. The molecule has 0 atom stereocenters. The van der Waals surface area contributed by atoms with Crippen molar-refractivity contribution in [2.75, 3.05) is 0 Å². The molecule has 2 aromatic heterocycles. The Morgan fingerprint density at radius 3 is 2.88 bits per heavy atom. The number of fused-ring (bicyclic) bond motifs is 1. The fourth-order valence-electron chi connectivity index (χ4n) is 1.62. The molecule has 2 heterocycles. The zero-order valence-corrected chi connectivity index (χ0v) is 10.3. The topological polar surface area (TPSA) is 50.4 Å². The summed E-state index contributed by atoms with van der Waals surface area (Å²) in [4.78, 5) is 4.40. The first kappa shape index (κ1) is 10.3. The Balaban J connectivity index is 2.18. The third-order valence-corrected chi connectivity index (χ3v) is 2.90. The predicted octanol–water partition coefficient (Wildman–Crippen LogP) is 2.86. The first-order valence-corrected chi connectivity index (χ1v) is 5.83. The molecule has 5 heteroatoms. The van der Waals surface area contributed by atoms with Crippen LogP contribution in [0.15, 0.2) is 47.1 Å². The molecule has 17 heavy (non-hydrogen) atoms. The van der Waals surface area contributed by atoms with Crippen LogP contribution in [0.1, 0.15) is 0 Å². The van der Waals surface area contributed by atoms with E-state index in [1.165, 1.54) is 0 Å². The highest BCUT2D eigenvalue weighted by atomic mass is 79.9. The summed E-state index contributed by atoms with van der Waals surface area (Å²) in [5.41, 5.74) is 1.56. The van der Waals surface area contributed by atoms with E-state index >= 15 is 0 Å². The Morgan fingerprint density at radius 1 is 1.18 bits per heavy atom. The maximum Gasteiger partial charge on any atom is 0.182 e. The Morgan fingerprint density at radius 2 is 2.06 bits per heavy atom. The van der Waals surface area contributed by atoms with Crippen LogP contribution in [0.25, 0.3) is 17.0 Å². The quantitative estimate of drug-likeness (QED) is 0.749. The van der Waals surface area contributed by atoms with Crippen LogP contribution in [0, 0.1) is 0 Å². The molecule has 4 nitrogen and oxygen atoms in total. The average Bonchev–Trinajstić information content (AvgIpc) is 2.72. The van der Waals surface area contributed by atoms with E-state index in [9.17, 15) is 5.11 Å². The van der Waals surface area contributed by atoms with Crippen molar-refractivity contribution in [1.82, 2.24) is 14.6 Å². The zero-order valence-electron chi connectivity index (χ0n) is 8.71. The minimum Gasteiger partial charge on any atom is -0.508 e. The number of phenolic OH excluding ortho intramolecular Hbond substituents is 1. The van der Waals surface area contributed by atoms with Crippen molar-refractivity contribution in [2.24, 2.45) is 0 Å². The lowest BCUT2D eigenvalue weighted by atomic mass is 10.2. The molecule has 3 aromatic rings. The molecule has 0 amide bonds. The fraction of sp³-hybridized carbons (Fsp3) is 0. The molecule has 1 aromatic carbocycles. The van der Waals surface area contributed by atoms with Crippen molar-refractivity contribution in [3.8, 4) is 17.1 Å². The maximum absolute atomic E-state index is 9.42. The number of benzene rings is 1. The second kappa shape index (κ2) is 3.85. The molecular weight excluding hydrogens is 282 g/mol. The minimum absolute atomic E-state index is 0.211. The van der Waals surface area contributed by atoms with E-state index in [4.69, 9.17) is 0 Å². The number of hydrogen-bond donors (Lipinski definition) is 1. The van der Waals surface area contributed by atoms with Gasteiger partial charge in [-0.25, -0.2) is 9.50 Å². The van der Waals surface area contributed by atoms with Gasteiger partial charge in [-0.15, -0.1) is 5.10 Å². The lowest BCUT2D eigenvalue weighted by molar-refractivity contribution is 0.475. The highest BCUT2D eigenvalue weighted by Crippen LogP contribution is 2.21. The van der Waals surface area contributed by atoms with Crippen molar-refractivity contribution >= 4 is 21.6 Å². The van der Waals surface area contributed by atoms with E-state index in [2.05, 4.69) is 26.0 Å². The van der Waals surface area contributed by atoms with Gasteiger partial charge in [-0.05, 0) is 24.3 Å². The van der Waals surface area contributed by atoms with Crippen LogP contribution < -0.4 is 0 Å². The standard InChI is InChI=1S/C12H8BrN3O/c13-9-4-5-16-11(7-9)14-12(15-16)8-2-1-3-10(17)6-8/h1-7,17H. The number of phenols is 1. The van der Waals surface area contributed by atoms with E-state index in [-0.39, 0.29) is 5.75 Å². The number of nitrogens with zero attached hydrogens (tertiary/aromatic N) is 3. The van der Waals surface area contributed by atoms with Gasteiger partial charge in [-0.3, -0.25) is 0 Å². The SMILES string of the molecule is Oc1cccc(-c2nc3cc(Br)ccn3n2)c1. The second-order valence-corrected chi connectivity index (χ2v) is 4.55. The van der Waals surface area contributed by atoms with Gasteiger partial charge in [0.15, 0.2) is 11.5 Å². The van der Waals surface area contributed by atoms with Crippen LogP contribution in [-0.2, 0) is 0 Å². The zero-order chi connectivity index (χ0) is 11.8. The van der Waals surface area contributed by atoms with E-state index in [1.807, 2.05) is 24.4 Å². The summed E-state index contributed by atoms with van der Waals surface area (Å²) in [7, 11) is 0. The Labute approximate surface area is 106 Å². The van der Waals surface area contributed by atoms with Crippen molar-refractivity contribution < 1.29 is 5.11 Å². The minimum atomic E-state index is 0.211. The third kappa shape index (κ3) is 1.89. The van der Waals surface area contributed by atoms with Gasteiger partial charge in [-0.1, -0.05) is 28.1 Å². The normalized spacial score (nSPS) is 10.9. The Bertz CT molecular complexity index is 693. The van der Waals surface area contributed by atoms with Crippen molar-refractivity contribution in [3.05, 3.63) is 47.1 Å². The molecule has 84 valence electrons. The summed E-state index contributed by atoms with van der Waals surface area (Å²) in [6, 6.07) is 10.7. The molecule has 0 saturated heterocycles. The molecule has 0 aliphatic rings. The number of rotatable bonds is 1. The first-order chi connectivity index (χ1) is 8.22. The molecule has 0 saturated carbocycles. The van der Waals surface area contributed by atoms with Gasteiger partial charge in [0.2, 0.25) is 0 Å². The van der Waals surface area contributed by atoms with E-state index in [0.29, 0.717) is 5.82 Å². The van der Waals surface area contributed by atoms with Gasteiger partial charge in [0, 0.05) is 16.2 Å². The number of pyridine rings is 1. The van der Waals surface area contributed by atoms with Crippen LogP contribution in [-0.4, -0.2) is 19.7 Å². The van der Waals surface area contributed by atoms with Gasteiger partial charge < -0.3 is 5.11 Å². The molecule has 0 aliphatic heterocycles. The number of halogens is 1. The van der Waals surface area contributed by atoms with Crippen molar-refractivity contribution in [2.45, 2.75) is 0 Å². The average molecular weight is 290 g/mol. The highest BCUT2D eigenvalue weighted by molar-refractivity contribution is 9.10.